The normalized spacial score (nSPS) is 17.1. The summed E-state index contributed by atoms with van der Waals surface area (Å²) in [6, 6.07) is 14.9. The first-order valence-electron chi connectivity index (χ1n) is 11.5. The van der Waals surface area contributed by atoms with Crippen LogP contribution >= 0.6 is 11.3 Å². The lowest BCUT2D eigenvalue weighted by Crippen LogP contribution is -2.29. The first kappa shape index (κ1) is 23.5. The molecule has 3 heterocycles. The zero-order valence-corrected chi connectivity index (χ0v) is 20.5. The molecule has 1 saturated heterocycles. The van der Waals surface area contributed by atoms with Crippen LogP contribution in [-0.4, -0.2) is 40.0 Å². The fraction of sp³-hybridized carbons (Fsp3) is 0.185. The number of hydrogen-bond donors (Lipinski definition) is 1. The van der Waals surface area contributed by atoms with Crippen LogP contribution in [0.2, 0.25) is 0 Å². The summed E-state index contributed by atoms with van der Waals surface area (Å²) in [5, 5.41) is 11.5. The minimum Gasteiger partial charge on any atom is -0.507 e. The molecule has 36 heavy (non-hydrogen) atoms. The highest BCUT2D eigenvalue weighted by molar-refractivity contribution is 7.22. The maximum atomic E-state index is 13.4. The maximum absolute atomic E-state index is 13.4. The Morgan fingerprint density at radius 1 is 0.972 bits per heavy atom. The number of aliphatic hydroxyl groups is 1. The van der Waals surface area contributed by atoms with Crippen molar-refractivity contribution in [2.24, 2.45) is 0 Å². The molecule has 5 rings (SSSR count). The first-order valence-corrected chi connectivity index (χ1v) is 12.3. The number of nitrogens with zero attached hydrogens (tertiary/aromatic N) is 3. The molecule has 1 unspecified atom stereocenters. The van der Waals surface area contributed by atoms with E-state index in [1.807, 2.05) is 32.0 Å². The van der Waals surface area contributed by atoms with E-state index in [1.165, 1.54) is 28.6 Å². The van der Waals surface area contributed by atoms with Gasteiger partial charge >= 0.3 is 5.91 Å². The number of carbonyl (C=O) groups is 2. The smallest absolute Gasteiger partial charge is 0.301 e. The number of rotatable bonds is 7. The number of amides is 1. The Morgan fingerprint density at radius 3 is 2.33 bits per heavy atom. The summed E-state index contributed by atoms with van der Waals surface area (Å²) in [6.45, 7) is 4.83. The molecule has 8 nitrogen and oxygen atoms in total. The van der Waals surface area contributed by atoms with Gasteiger partial charge in [-0.3, -0.25) is 19.5 Å². The number of ether oxygens (including phenoxy) is 2. The number of carbonyl (C=O) groups excluding carboxylic acids is 2. The molecular weight excluding hydrogens is 478 g/mol. The Bertz CT molecular complexity index is 1460. The first-order chi connectivity index (χ1) is 17.5. The number of hydrogen-bond acceptors (Lipinski definition) is 8. The average molecular weight is 502 g/mol. The number of Topliss-reactive ketones (excluding diaryl/α,β-unsaturated/α-hetero) is 1. The summed E-state index contributed by atoms with van der Waals surface area (Å²) in [7, 11) is 0. The van der Waals surface area contributed by atoms with E-state index in [-0.39, 0.29) is 11.3 Å². The van der Waals surface area contributed by atoms with E-state index in [1.54, 1.807) is 36.4 Å². The molecule has 0 bridgehead atoms. The van der Waals surface area contributed by atoms with Crippen LogP contribution in [0.1, 0.15) is 31.0 Å². The van der Waals surface area contributed by atoms with Crippen LogP contribution in [0.15, 0.2) is 72.6 Å². The summed E-state index contributed by atoms with van der Waals surface area (Å²) in [5.74, 6) is -0.443. The molecular formula is C27H23N3O5S. The van der Waals surface area contributed by atoms with Gasteiger partial charge in [-0.05, 0) is 61.9 Å². The van der Waals surface area contributed by atoms with Gasteiger partial charge in [-0.2, -0.15) is 0 Å². The Balaban J connectivity index is 1.67. The summed E-state index contributed by atoms with van der Waals surface area (Å²) in [5.41, 5.74) is 1.71. The van der Waals surface area contributed by atoms with Gasteiger partial charge in [0.25, 0.3) is 5.78 Å². The van der Waals surface area contributed by atoms with Gasteiger partial charge in [0.1, 0.15) is 17.3 Å². The van der Waals surface area contributed by atoms with Gasteiger partial charge in [0.2, 0.25) is 0 Å². The van der Waals surface area contributed by atoms with E-state index in [0.717, 1.165) is 4.70 Å². The third kappa shape index (κ3) is 4.18. The second kappa shape index (κ2) is 9.79. The van der Waals surface area contributed by atoms with Gasteiger partial charge in [0.15, 0.2) is 5.13 Å². The quantitative estimate of drug-likeness (QED) is 0.213. The molecule has 0 spiro atoms. The van der Waals surface area contributed by atoms with Crippen LogP contribution in [-0.2, 0) is 9.59 Å². The van der Waals surface area contributed by atoms with Crippen LogP contribution in [0.25, 0.3) is 16.0 Å². The lowest BCUT2D eigenvalue weighted by atomic mass is 9.95. The molecule has 1 aliphatic rings. The molecule has 182 valence electrons. The molecule has 1 atom stereocenters. The molecule has 0 saturated carbocycles. The minimum atomic E-state index is -0.874. The molecule has 2 aromatic heterocycles. The lowest BCUT2D eigenvalue weighted by Gasteiger charge is -2.23. The monoisotopic (exact) mass is 501 g/mol. The number of aromatic nitrogens is 2. The topological polar surface area (TPSA) is 102 Å². The van der Waals surface area contributed by atoms with E-state index < -0.39 is 17.7 Å². The fourth-order valence-electron chi connectivity index (χ4n) is 4.18. The number of ketones is 1. The van der Waals surface area contributed by atoms with E-state index in [4.69, 9.17) is 9.47 Å². The van der Waals surface area contributed by atoms with Crippen molar-refractivity contribution in [2.45, 2.75) is 19.9 Å². The second-order valence-electron chi connectivity index (χ2n) is 7.97. The molecule has 9 heteroatoms. The number of benzene rings is 2. The Kier molecular flexibility index (Phi) is 6.39. The van der Waals surface area contributed by atoms with E-state index >= 15 is 0 Å². The van der Waals surface area contributed by atoms with Gasteiger partial charge in [0.05, 0.1) is 35.0 Å². The number of thiazole rings is 1. The van der Waals surface area contributed by atoms with Crippen LogP contribution in [0.4, 0.5) is 5.13 Å². The third-order valence-electron chi connectivity index (χ3n) is 5.77. The highest BCUT2D eigenvalue weighted by atomic mass is 32.1. The van der Waals surface area contributed by atoms with Crippen molar-refractivity contribution in [3.8, 4) is 11.5 Å². The van der Waals surface area contributed by atoms with Crippen molar-refractivity contribution in [1.29, 1.82) is 0 Å². The number of fused-ring (bicyclic) bond motifs is 1. The van der Waals surface area contributed by atoms with Gasteiger partial charge < -0.3 is 14.6 Å². The zero-order chi connectivity index (χ0) is 25.2. The van der Waals surface area contributed by atoms with Crippen molar-refractivity contribution in [3.05, 3.63) is 83.7 Å². The number of anilines is 1. The molecule has 1 N–H and O–H groups in total. The van der Waals surface area contributed by atoms with E-state index in [0.29, 0.717) is 46.5 Å². The van der Waals surface area contributed by atoms with Crippen LogP contribution in [0.3, 0.4) is 0 Å². The molecule has 0 aliphatic carbocycles. The van der Waals surface area contributed by atoms with Gasteiger partial charge in [-0.15, -0.1) is 0 Å². The Morgan fingerprint density at radius 2 is 1.64 bits per heavy atom. The lowest BCUT2D eigenvalue weighted by molar-refractivity contribution is -0.132. The van der Waals surface area contributed by atoms with Crippen LogP contribution in [0, 0.1) is 0 Å². The average Bonchev–Trinajstić information content (AvgIpc) is 3.43. The van der Waals surface area contributed by atoms with Crippen molar-refractivity contribution < 1.29 is 24.2 Å². The fourth-order valence-corrected chi connectivity index (χ4v) is 5.20. The van der Waals surface area contributed by atoms with Crippen LogP contribution in [0.5, 0.6) is 11.5 Å². The highest BCUT2D eigenvalue weighted by Gasteiger charge is 2.48. The van der Waals surface area contributed by atoms with Crippen molar-refractivity contribution in [3.63, 3.8) is 0 Å². The van der Waals surface area contributed by atoms with Gasteiger partial charge in [-0.25, -0.2) is 4.98 Å². The maximum Gasteiger partial charge on any atom is 0.301 e. The van der Waals surface area contributed by atoms with E-state index in [9.17, 15) is 14.7 Å². The van der Waals surface area contributed by atoms with Crippen molar-refractivity contribution in [1.82, 2.24) is 9.97 Å². The Hall–Kier alpha value is -4.24. The molecule has 1 fully saturated rings. The van der Waals surface area contributed by atoms with E-state index in [2.05, 4.69) is 9.97 Å². The number of aliphatic hydroxyl groups excluding tert-OH is 1. The van der Waals surface area contributed by atoms with Crippen molar-refractivity contribution in [2.75, 3.05) is 18.1 Å². The SMILES string of the molecule is CCOc1ccc(C2/C(=C(\O)c3ccncc3)C(=O)C(=O)N2c2nc3ccc(OCC)cc3s2)cc1. The molecule has 4 aromatic rings. The molecule has 1 aliphatic heterocycles. The second-order valence-corrected chi connectivity index (χ2v) is 8.98. The van der Waals surface area contributed by atoms with Gasteiger partial charge in [0, 0.05) is 18.0 Å². The van der Waals surface area contributed by atoms with Crippen LogP contribution < -0.4 is 14.4 Å². The van der Waals surface area contributed by atoms with Crippen molar-refractivity contribution >= 4 is 44.1 Å². The Labute approximate surface area is 211 Å². The standard InChI is InChI=1S/C27H23N3O5S/c1-3-34-18-7-5-16(6-8-18)23-22(24(31)17-11-13-28-14-12-17)25(32)26(33)30(23)27-29-20-10-9-19(35-4-2)15-21(20)36-27/h5-15,23,31H,3-4H2,1-2H3/b24-22+. The zero-order valence-electron chi connectivity index (χ0n) is 19.7. The number of pyridine rings is 1. The summed E-state index contributed by atoms with van der Waals surface area (Å²) in [4.78, 5) is 36.7. The largest absolute Gasteiger partial charge is 0.507 e. The molecule has 0 radical (unpaired) electrons. The molecule has 1 amide bonds. The third-order valence-corrected chi connectivity index (χ3v) is 6.79. The molecule has 2 aromatic carbocycles. The summed E-state index contributed by atoms with van der Waals surface area (Å²) >= 11 is 1.28. The summed E-state index contributed by atoms with van der Waals surface area (Å²) in [6.07, 6.45) is 3.03. The predicted octanol–water partition coefficient (Wildman–Crippen LogP) is 5.12. The summed E-state index contributed by atoms with van der Waals surface area (Å²) < 4.78 is 12.0. The highest BCUT2D eigenvalue weighted by Crippen LogP contribution is 2.44. The van der Waals surface area contributed by atoms with Gasteiger partial charge in [-0.1, -0.05) is 23.5 Å². The minimum absolute atomic E-state index is 0.00961. The predicted molar refractivity (Wildman–Crippen MR) is 137 cm³/mol.